The minimum absolute atomic E-state index is 0.00573. The van der Waals surface area contributed by atoms with Crippen LogP contribution in [0.5, 0.6) is 5.75 Å². The van der Waals surface area contributed by atoms with Crippen molar-refractivity contribution in [3.63, 3.8) is 0 Å². The molecule has 0 aliphatic rings. The van der Waals surface area contributed by atoms with Gasteiger partial charge in [-0.15, -0.1) is 0 Å². The molecule has 19 heavy (non-hydrogen) atoms. The van der Waals surface area contributed by atoms with E-state index in [1.807, 2.05) is 0 Å². The molecule has 1 amide bonds. The second kappa shape index (κ2) is 4.38. The number of H-pyrrole nitrogens is 1. The molecule has 0 atom stereocenters. The summed E-state index contributed by atoms with van der Waals surface area (Å²) in [6.45, 7) is 0. The lowest BCUT2D eigenvalue weighted by molar-refractivity contribution is -0.384. The predicted octanol–water partition coefficient (Wildman–Crippen LogP) is 0.261. The molecule has 0 spiro atoms. The zero-order valence-electron chi connectivity index (χ0n) is 9.21. The van der Waals surface area contributed by atoms with Crippen LogP contribution < -0.4 is 11.0 Å². The number of carbonyl (C=O) groups is 1. The molecule has 0 aliphatic carbocycles. The number of hydrogen-bond donors (Lipinski definition) is 4. The van der Waals surface area contributed by atoms with Gasteiger partial charge in [0.2, 0.25) is 0 Å². The van der Waals surface area contributed by atoms with E-state index in [0.717, 1.165) is 12.1 Å². The van der Waals surface area contributed by atoms with E-state index in [1.54, 1.807) is 0 Å². The fourth-order valence-electron chi connectivity index (χ4n) is 1.65. The number of hydroxylamine groups is 1. The van der Waals surface area contributed by atoms with Gasteiger partial charge >= 0.3 is 0 Å². The highest BCUT2D eigenvalue weighted by Gasteiger charge is 2.19. The number of aromatic hydroxyl groups is 1. The lowest BCUT2D eigenvalue weighted by Gasteiger charge is -2.05. The molecule has 0 bridgehead atoms. The molecule has 0 fully saturated rings. The number of nitro benzene ring substituents is 1. The number of nitrogens with one attached hydrogen (secondary N) is 2. The Bertz CT molecular complexity index is 751. The molecule has 2 rings (SSSR count). The lowest BCUT2D eigenvalue weighted by Crippen LogP contribution is -2.27. The Labute approximate surface area is 104 Å². The largest absolute Gasteiger partial charge is 0.506 e. The number of rotatable bonds is 2. The Morgan fingerprint density at radius 2 is 2.11 bits per heavy atom. The summed E-state index contributed by atoms with van der Waals surface area (Å²) in [5.41, 5.74) is -0.692. The first-order valence-corrected chi connectivity index (χ1v) is 4.93. The van der Waals surface area contributed by atoms with Gasteiger partial charge in [0.05, 0.1) is 10.4 Å². The number of fused-ring (bicyclic) bond motifs is 1. The van der Waals surface area contributed by atoms with E-state index in [2.05, 4.69) is 4.98 Å². The maximum absolute atomic E-state index is 11.6. The lowest BCUT2D eigenvalue weighted by atomic mass is 10.1. The van der Waals surface area contributed by atoms with Gasteiger partial charge in [-0.3, -0.25) is 24.9 Å². The van der Waals surface area contributed by atoms with Gasteiger partial charge in [0.15, 0.2) is 0 Å². The average molecular weight is 265 g/mol. The molecular weight excluding hydrogens is 258 g/mol. The van der Waals surface area contributed by atoms with Gasteiger partial charge in [-0.05, 0) is 6.07 Å². The summed E-state index contributed by atoms with van der Waals surface area (Å²) in [5.74, 6) is -1.85. The number of hydrogen-bond acceptors (Lipinski definition) is 6. The molecule has 0 saturated carbocycles. The molecule has 1 heterocycles. The SMILES string of the molecule is O=C(NO)c1c(O)c2ccc([N+](=O)[O-])cc2[nH]c1=O. The number of nitro groups is 1. The number of benzene rings is 1. The summed E-state index contributed by atoms with van der Waals surface area (Å²) in [6.07, 6.45) is 0. The smallest absolute Gasteiger partial charge is 0.284 e. The van der Waals surface area contributed by atoms with Gasteiger partial charge < -0.3 is 10.1 Å². The Balaban J connectivity index is 2.80. The maximum Gasteiger partial charge on any atom is 0.284 e. The van der Waals surface area contributed by atoms with Gasteiger partial charge in [0.1, 0.15) is 11.3 Å². The van der Waals surface area contributed by atoms with E-state index in [0.29, 0.717) is 0 Å². The maximum atomic E-state index is 11.6. The molecular formula is C10H7N3O6. The zero-order valence-corrected chi connectivity index (χ0v) is 9.21. The molecule has 0 aliphatic heterocycles. The van der Waals surface area contributed by atoms with Crippen LogP contribution in [-0.2, 0) is 0 Å². The molecule has 0 radical (unpaired) electrons. The van der Waals surface area contributed by atoms with Crippen LogP contribution in [-0.4, -0.2) is 26.1 Å². The van der Waals surface area contributed by atoms with Crippen molar-refractivity contribution in [1.82, 2.24) is 10.5 Å². The first-order valence-electron chi connectivity index (χ1n) is 4.93. The normalized spacial score (nSPS) is 10.4. The monoisotopic (exact) mass is 265 g/mol. The molecule has 1 aromatic heterocycles. The Morgan fingerprint density at radius 3 is 2.68 bits per heavy atom. The van der Waals surface area contributed by atoms with E-state index < -0.39 is 27.7 Å². The molecule has 9 nitrogen and oxygen atoms in total. The Morgan fingerprint density at radius 1 is 1.42 bits per heavy atom. The number of amides is 1. The van der Waals surface area contributed by atoms with Crippen LogP contribution in [0.25, 0.3) is 10.9 Å². The molecule has 0 saturated heterocycles. The fraction of sp³-hybridized carbons (Fsp3) is 0. The average Bonchev–Trinajstić information content (AvgIpc) is 2.37. The van der Waals surface area contributed by atoms with Crippen molar-refractivity contribution in [2.24, 2.45) is 0 Å². The molecule has 4 N–H and O–H groups in total. The molecule has 2 aromatic rings. The van der Waals surface area contributed by atoms with Crippen LogP contribution in [0.1, 0.15) is 10.4 Å². The molecule has 98 valence electrons. The summed E-state index contributed by atoms with van der Waals surface area (Å²) in [4.78, 5) is 34.9. The number of aromatic nitrogens is 1. The third-order valence-electron chi connectivity index (χ3n) is 2.51. The first kappa shape index (κ1) is 12.5. The van der Waals surface area contributed by atoms with Crippen LogP contribution in [0, 0.1) is 10.1 Å². The summed E-state index contributed by atoms with van der Waals surface area (Å²) < 4.78 is 0. The molecule has 1 aromatic carbocycles. The zero-order chi connectivity index (χ0) is 14.2. The van der Waals surface area contributed by atoms with Crippen LogP contribution in [0.2, 0.25) is 0 Å². The minimum atomic E-state index is -1.18. The second-order valence-corrected chi connectivity index (χ2v) is 3.61. The van der Waals surface area contributed by atoms with Gasteiger partial charge in [-0.25, -0.2) is 5.48 Å². The van der Waals surface area contributed by atoms with Crippen molar-refractivity contribution >= 4 is 22.5 Å². The number of carbonyl (C=O) groups excluding carboxylic acids is 1. The van der Waals surface area contributed by atoms with E-state index in [4.69, 9.17) is 5.21 Å². The van der Waals surface area contributed by atoms with Crippen molar-refractivity contribution < 1.29 is 20.0 Å². The number of pyridine rings is 1. The Hall–Kier alpha value is -2.94. The first-order chi connectivity index (χ1) is 8.95. The number of aromatic amines is 1. The summed E-state index contributed by atoms with van der Waals surface area (Å²) in [6, 6.07) is 3.35. The highest BCUT2D eigenvalue weighted by atomic mass is 16.6. The van der Waals surface area contributed by atoms with Gasteiger partial charge in [-0.2, -0.15) is 0 Å². The fourth-order valence-corrected chi connectivity index (χ4v) is 1.65. The topological polar surface area (TPSA) is 146 Å². The summed E-state index contributed by atoms with van der Waals surface area (Å²) in [7, 11) is 0. The van der Waals surface area contributed by atoms with E-state index >= 15 is 0 Å². The van der Waals surface area contributed by atoms with Crippen molar-refractivity contribution in [2.45, 2.75) is 0 Å². The van der Waals surface area contributed by atoms with Crippen LogP contribution in [0.3, 0.4) is 0 Å². The summed E-state index contributed by atoms with van der Waals surface area (Å²) in [5, 5.41) is 28.9. The predicted molar refractivity (Wildman–Crippen MR) is 62.1 cm³/mol. The van der Waals surface area contributed by atoms with Crippen molar-refractivity contribution in [3.05, 3.63) is 44.2 Å². The third kappa shape index (κ3) is 1.98. The van der Waals surface area contributed by atoms with Crippen LogP contribution in [0.4, 0.5) is 5.69 Å². The highest BCUT2D eigenvalue weighted by Crippen LogP contribution is 2.27. The number of nitrogens with zero attached hydrogens (tertiary/aromatic N) is 1. The van der Waals surface area contributed by atoms with Crippen molar-refractivity contribution in [1.29, 1.82) is 0 Å². The third-order valence-corrected chi connectivity index (χ3v) is 2.51. The quantitative estimate of drug-likeness (QED) is 0.348. The van der Waals surface area contributed by atoms with Gasteiger partial charge in [0.25, 0.3) is 17.2 Å². The molecule has 0 unspecified atom stereocenters. The van der Waals surface area contributed by atoms with Gasteiger partial charge in [0, 0.05) is 17.5 Å². The van der Waals surface area contributed by atoms with E-state index in [1.165, 1.54) is 11.5 Å². The van der Waals surface area contributed by atoms with Crippen molar-refractivity contribution in [2.75, 3.05) is 0 Å². The van der Waals surface area contributed by atoms with E-state index in [9.17, 15) is 24.8 Å². The number of non-ortho nitro benzene ring substituents is 1. The van der Waals surface area contributed by atoms with E-state index in [-0.39, 0.29) is 16.6 Å². The second-order valence-electron chi connectivity index (χ2n) is 3.61. The molecule has 9 heteroatoms. The van der Waals surface area contributed by atoms with Crippen LogP contribution in [0.15, 0.2) is 23.0 Å². The summed E-state index contributed by atoms with van der Waals surface area (Å²) >= 11 is 0. The Kier molecular flexibility index (Phi) is 2.89. The van der Waals surface area contributed by atoms with Crippen molar-refractivity contribution in [3.8, 4) is 5.75 Å². The minimum Gasteiger partial charge on any atom is -0.506 e. The standard InChI is InChI=1S/C10H7N3O6/c14-8-5-2-1-4(13(18)19)3-6(5)11-9(15)7(8)10(16)12-17/h1-3,17H,(H,12,16)(H2,11,14,15). The highest BCUT2D eigenvalue weighted by molar-refractivity contribution is 6.01. The van der Waals surface area contributed by atoms with Crippen LogP contribution >= 0.6 is 0 Å². The van der Waals surface area contributed by atoms with Gasteiger partial charge in [-0.1, -0.05) is 0 Å².